The number of rotatable bonds is 6. The fourth-order valence-electron chi connectivity index (χ4n) is 7.10. The summed E-state index contributed by atoms with van der Waals surface area (Å²) in [6.45, 7) is 4.09. The van der Waals surface area contributed by atoms with Crippen molar-refractivity contribution in [3.05, 3.63) is 83.0 Å². The lowest BCUT2D eigenvalue weighted by Crippen LogP contribution is -2.46. The first kappa shape index (κ1) is 30.9. The fourth-order valence-corrected chi connectivity index (χ4v) is 7.10. The molecule has 4 aliphatic rings. The van der Waals surface area contributed by atoms with Crippen LogP contribution >= 0.6 is 0 Å². The van der Waals surface area contributed by atoms with Gasteiger partial charge in [-0.1, -0.05) is 25.1 Å². The predicted octanol–water partition coefficient (Wildman–Crippen LogP) is 5.26. The van der Waals surface area contributed by atoms with E-state index in [1.165, 1.54) is 30.9 Å². The van der Waals surface area contributed by atoms with Gasteiger partial charge in [-0.05, 0) is 61.4 Å². The van der Waals surface area contributed by atoms with Crippen LogP contribution in [0.1, 0.15) is 88.7 Å². The number of halogens is 3. The van der Waals surface area contributed by atoms with Crippen LogP contribution in [0, 0.1) is 17.2 Å². The maximum Gasteiger partial charge on any atom is 0.433 e. The standard InChI is InChI=1S/C34H34F3N7O3/c1-2-30(45)42-17-27-31-26(10-11-43(27)33(46)24-16-40-29(14-25(24)39)34(35,36)37)44(22-8-6-21(7-9-22)20-4-3-5-20)41-32(31)28(18-42)47-23-12-19(13-23)15-38/h2,6-9,14,16,19-20,23,27-28H,1,3-5,10-13,17-18H2,(H2,39,40). The number of alkyl halides is 3. The zero-order chi connectivity index (χ0) is 33.0. The number of benzene rings is 1. The van der Waals surface area contributed by atoms with E-state index in [0.717, 1.165) is 23.1 Å². The van der Waals surface area contributed by atoms with Crippen molar-refractivity contribution in [1.82, 2.24) is 24.6 Å². The van der Waals surface area contributed by atoms with Gasteiger partial charge in [0.25, 0.3) is 5.91 Å². The van der Waals surface area contributed by atoms with E-state index in [2.05, 4.69) is 29.8 Å². The van der Waals surface area contributed by atoms with Crippen molar-refractivity contribution in [3.8, 4) is 11.8 Å². The Balaban J connectivity index is 1.31. The Bertz CT molecular complexity index is 1770. The second-order valence-electron chi connectivity index (χ2n) is 12.8. The minimum Gasteiger partial charge on any atom is -0.398 e. The van der Waals surface area contributed by atoms with Crippen LogP contribution in [0.15, 0.2) is 49.2 Å². The summed E-state index contributed by atoms with van der Waals surface area (Å²) in [5, 5.41) is 14.4. The molecule has 0 saturated heterocycles. The monoisotopic (exact) mass is 645 g/mol. The Morgan fingerprint density at radius 1 is 1.15 bits per heavy atom. The van der Waals surface area contributed by atoms with Crippen LogP contribution in [0.25, 0.3) is 5.69 Å². The number of nitriles is 1. The highest BCUT2D eigenvalue weighted by Gasteiger charge is 2.45. The second-order valence-corrected chi connectivity index (χ2v) is 12.8. The van der Waals surface area contributed by atoms with Gasteiger partial charge in [0, 0.05) is 37.0 Å². The van der Waals surface area contributed by atoms with Crippen molar-refractivity contribution in [2.75, 3.05) is 25.4 Å². The average Bonchev–Trinajstić information content (AvgIpc) is 3.31. The van der Waals surface area contributed by atoms with Gasteiger partial charge >= 0.3 is 6.18 Å². The lowest BCUT2D eigenvalue weighted by Gasteiger charge is -2.38. The highest BCUT2D eigenvalue weighted by atomic mass is 19.4. The van der Waals surface area contributed by atoms with Crippen LogP contribution in [-0.2, 0) is 22.1 Å². The van der Waals surface area contributed by atoms with Crippen molar-refractivity contribution in [2.45, 2.75) is 68.9 Å². The average molecular weight is 646 g/mol. The second kappa shape index (κ2) is 11.8. The maximum atomic E-state index is 14.1. The van der Waals surface area contributed by atoms with Gasteiger partial charge in [-0.25, -0.2) is 4.68 Å². The molecular formula is C34H34F3N7O3. The molecular weight excluding hydrogens is 611 g/mol. The number of aromatic nitrogens is 3. The van der Waals surface area contributed by atoms with Gasteiger partial charge in [-0.15, -0.1) is 0 Å². The third kappa shape index (κ3) is 5.54. The molecule has 2 amide bonds. The molecule has 4 heterocycles. The number of nitrogens with zero attached hydrogens (tertiary/aromatic N) is 6. The number of hydrogen-bond donors (Lipinski definition) is 1. The zero-order valence-corrected chi connectivity index (χ0v) is 25.6. The normalized spacial score (nSPS) is 24.0. The van der Waals surface area contributed by atoms with Gasteiger partial charge in [-0.3, -0.25) is 14.6 Å². The van der Waals surface area contributed by atoms with Crippen molar-refractivity contribution >= 4 is 17.5 Å². The summed E-state index contributed by atoms with van der Waals surface area (Å²) in [6, 6.07) is 10.6. The minimum atomic E-state index is -4.72. The molecule has 2 aromatic heterocycles. The van der Waals surface area contributed by atoms with E-state index in [0.29, 0.717) is 36.9 Å². The Kier molecular flexibility index (Phi) is 7.78. The molecule has 0 radical (unpaired) electrons. The van der Waals surface area contributed by atoms with Crippen LogP contribution in [-0.4, -0.2) is 62.1 Å². The van der Waals surface area contributed by atoms with Gasteiger partial charge in [0.15, 0.2) is 0 Å². The van der Waals surface area contributed by atoms with E-state index < -0.39 is 29.9 Å². The number of nitrogen functional groups attached to an aromatic ring is 1. The van der Waals surface area contributed by atoms with E-state index in [1.54, 1.807) is 9.80 Å². The third-order valence-corrected chi connectivity index (χ3v) is 9.99. The maximum absolute atomic E-state index is 14.1. The van der Waals surface area contributed by atoms with Gasteiger partial charge in [0.2, 0.25) is 5.91 Å². The third-order valence-electron chi connectivity index (χ3n) is 9.99. The summed E-state index contributed by atoms with van der Waals surface area (Å²) >= 11 is 0. The fraction of sp³-hybridized carbons (Fsp3) is 0.441. The summed E-state index contributed by atoms with van der Waals surface area (Å²) in [5.41, 5.74) is 8.67. The Hall–Kier alpha value is -4.70. The summed E-state index contributed by atoms with van der Waals surface area (Å²) in [4.78, 5) is 33.8. The van der Waals surface area contributed by atoms with Crippen molar-refractivity contribution in [1.29, 1.82) is 5.26 Å². The summed E-state index contributed by atoms with van der Waals surface area (Å²) < 4.78 is 48.4. The predicted molar refractivity (Wildman–Crippen MR) is 164 cm³/mol. The summed E-state index contributed by atoms with van der Waals surface area (Å²) in [7, 11) is 0. The Morgan fingerprint density at radius 2 is 1.89 bits per heavy atom. The number of ether oxygens (including phenoxy) is 1. The zero-order valence-electron chi connectivity index (χ0n) is 25.6. The molecule has 0 spiro atoms. The minimum absolute atomic E-state index is 0.0855. The molecule has 3 aromatic rings. The van der Waals surface area contributed by atoms with Crippen LogP contribution in [0.4, 0.5) is 18.9 Å². The van der Waals surface area contributed by atoms with Crippen LogP contribution < -0.4 is 5.73 Å². The molecule has 2 fully saturated rings. The molecule has 1 aromatic carbocycles. The highest BCUT2D eigenvalue weighted by Crippen LogP contribution is 2.44. The Labute approximate surface area is 269 Å². The number of carbonyl (C=O) groups excluding carboxylic acids is 2. The number of hydrogen-bond acceptors (Lipinski definition) is 7. The molecule has 0 bridgehead atoms. The van der Waals surface area contributed by atoms with E-state index in [4.69, 9.17) is 15.6 Å². The molecule has 10 nitrogen and oxygen atoms in total. The molecule has 2 aliphatic carbocycles. The van der Waals surface area contributed by atoms with Crippen LogP contribution in [0.3, 0.4) is 0 Å². The van der Waals surface area contributed by atoms with E-state index in [-0.39, 0.29) is 48.8 Å². The molecule has 47 heavy (non-hydrogen) atoms. The van der Waals surface area contributed by atoms with E-state index in [9.17, 15) is 28.0 Å². The lowest BCUT2D eigenvalue weighted by atomic mass is 9.80. The van der Waals surface area contributed by atoms with Crippen LogP contribution in [0.2, 0.25) is 0 Å². The van der Waals surface area contributed by atoms with Crippen molar-refractivity contribution in [3.63, 3.8) is 0 Å². The number of amides is 2. The first-order valence-electron chi connectivity index (χ1n) is 15.9. The van der Waals surface area contributed by atoms with E-state index >= 15 is 0 Å². The first-order valence-corrected chi connectivity index (χ1v) is 15.9. The largest absolute Gasteiger partial charge is 0.433 e. The Morgan fingerprint density at radius 3 is 2.51 bits per heavy atom. The number of nitrogens with two attached hydrogens (primary N) is 1. The SMILES string of the molecule is C=CC(=O)N1CC(OC2CC(C#N)C2)c2nn(-c3ccc(C4CCC4)cc3)c3c2C(C1)N(C(=O)c1cnc(C(F)(F)F)cc1N)CC3. The van der Waals surface area contributed by atoms with Gasteiger partial charge in [-0.2, -0.15) is 23.5 Å². The molecule has 13 heteroatoms. The molecule has 2 saturated carbocycles. The van der Waals surface area contributed by atoms with Crippen molar-refractivity contribution < 1.29 is 27.5 Å². The lowest BCUT2D eigenvalue weighted by molar-refractivity contribution is -0.141. The molecule has 2 atom stereocenters. The smallest absolute Gasteiger partial charge is 0.398 e. The van der Waals surface area contributed by atoms with Gasteiger partial charge in [0.1, 0.15) is 11.8 Å². The molecule has 2 unspecified atom stereocenters. The first-order chi connectivity index (χ1) is 22.5. The quantitative estimate of drug-likeness (QED) is 0.362. The number of carbonyl (C=O) groups is 2. The van der Waals surface area contributed by atoms with Crippen molar-refractivity contribution in [2.24, 2.45) is 5.92 Å². The van der Waals surface area contributed by atoms with Gasteiger partial charge in [0.05, 0.1) is 53.3 Å². The van der Waals surface area contributed by atoms with Gasteiger partial charge < -0.3 is 20.3 Å². The van der Waals surface area contributed by atoms with E-state index in [1.807, 2.05) is 16.8 Å². The topological polar surface area (TPSA) is 130 Å². The van der Waals surface area contributed by atoms with Crippen LogP contribution in [0.5, 0.6) is 0 Å². The summed E-state index contributed by atoms with van der Waals surface area (Å²) in [6.07, 6.45) is 1.63. The molecule has 244 valence electrons. The molecule has 7 rings (SSSR count). The number of anilines is 1. The number of pyridine rings is 1. The molecule has 2 aliphatic heterocycles. The molecule has 2 N–H and O–H groups in total. The summed E-state index contributed by atoms with van der Waals surface area (Å²) in [5.74, 6) is -0.481. The highest BCUT2D eigenvalue weighted by molar-refractivity contribution is 5.99.